The van der Waals surface area contributed by atoms with Crippen LogP contribution in [-0.2, 0) is 9.53 Å². The van der Waals surface area contributed by atoms with E-state index >= 15 is 0 Å². The van der Waals surface area contributed by atoms with Crippen LogP contribution in [0.1, 0.15) is 0 Å². The van der Waals surface area contributed by atoms with Gasteiger partial charge in [-0.1, -0.05) is 0 Å². The summed E-state index contributed by atoms with van der Waals surface area (Å²) < 4.78 is 5.05. The topological polar surface area (TPSA) is 29.5 Å². The third kappa shape index (κ3) is 1.87. The second-order valence-electron chi connectivity index (χ2n) is 1.86. The molecular formula is C5H8NO2S. The number of thiol groups is 1. The Hall–Kier alpha value is -0.220. The van der Waals surface area contributed by atoms with Gasteiger partial charge in [0.25, 0.3) is 0 Å². The number of carbonyl (C=O) groups excluding carboxylic acids is 1. The number of hydrogen-bond acceptors (Lipinski definition) is 3. The fourth-order valence-electron chi connectivity index (χ4n) is 0.714. The van der Waals surface area contributed by atoms with Gasteiger partial charge in [-0.05, 0) is 0 Å². The molecule has 0 bridgehead atoms. The maximum Gasteiger partial charge on any atom is 0.312 e. The lowest BCUT2D eigenvalue weighted by atomic mass is 10.5. The number of rotatable bonds is 1. The smallest absolute Gasteiger partial charge is 0.312 e. The molecule has 0 aromatic carbocycles. The molecule has 1 radical (unpaired) electrons. The molecule has 1 atom stereocenters. The Morgan fingerprint density at radius 2 is 2.56 bits per heavy atom. The van der Waals surface area contributed by atoms with Gasteiger partial charge in [0.1, 0.15) is 5.44 Å². The third-order valence-electron chi connectivity index (χ3n) is 1.18. The highest BCUT2D eigenvalue weighted by Gasteiger charge is 2.15. The summed E-state index contributed by atoms with van der Waals surface area (Å²) >= 11 is 4.03. The van der Waals surface area contributed by atoms with Crippen LogP contribution >= 0.6 is 12.6 Å². The van der Waals surface area contributed by atoms with Gasteiger partial charge in [0.2, 0.25) is 0 Å². The molecule has 0 N–H and O–H groups in total. The van der Waals surface area contributed by atoms with Crippen molar-refractivity contribution in [2.45, 2.75) is 5.44 Å². The van der Waals surface area contributed by atoms with Crippen LogP contribution in [0.25, 0.3) is 0 Å². The second kappa shape index (κ2) is 3.08. The van der Waals surface area contributed by atoms with Gasteiger partial charge in [0, 0.05) is 6.54 Å². The van der Waals surface area contributed by atoms with Crippen LogP contribution in [0.15, 0.2) is 0 Å². The minimum Gasteiger partial charge on any atom is -0.364 e. The summed E-state index contributed by atoms with van der Waals surface area (Å²) in [5.41, 5.74) is -0.125. The van der Waals surface area contributed by atoms with E-state index in [1.807, 2.05) is 0 Å². The summed E-state index contributed by atoms with van der Waals surface area (Å²) in [6.45, 7) is 1.76. The Bertz CT molecular complexity index is 109. The first-order valence-corrected chi connectivity index (χ1v) is 3.27. The van der Waals surface area contributed by atoms with Crippen LogP contribution in [0.2, 0.25) is 0 Å². The Labute approximate surface area is 59.4 Å². The zero-order chi connectivity index (χ0) is 6.69. The zero-order valence-electron chi connectivity index (χ0n) is 4.91. The molecule has 1 heterocycles. The molecule has 51 valence electrons. The number of amides is 1. The van der Waals surface area contributed by atoms with Crippen molar-refractivity contribution in [3.8, 4) is 0 Å². The lowest BCUT2D eigenvalue weighted by Gasteiger charge is -2.26. The second-order valence-corrected chi connectivity index (χ2v) is 2.44. The fourth-order valence-corrected chi connectivity index (χ4v) is 1.02. The van der Waals surface area contributed by atoms with Crippen LogP contribution in [0, 0.1) is 0 Å². The number of nitrogens with zero attached hydrogens (tertiary/aromatic N) is 1. The minimum absolute atomic E-state index is 0.125. The molecule has 1 saturated heterocycles. The van der Waals surface area contributed by atoms with E-state index in [4.69, 9.17) is 4.74 Å². The zero-order valence-corrected chi connectivity index (χ0v) is 5.80. The molecule has 4 heteroatoms. The van der Waals surface area contributed by atoms with Crippen LogP contribution in [0.5, 0.6) is 0 Å². The van der Waals surface area contributed by atoms with Crippen molar-refractivity contribution in [1.82, 2.24) is 4.90 Å². The van der Waals surface area contributed by atoms with Gasteiger partial charge in [-0.15, -0.1) is 12.6 Å². The first-order valence-electron chi connectivity index (χ1n) is 2.75. The number of ether oxygens (including phenoxy) is 1. The highest BCUT2D eigenvalue weighted by atomic mass is 32.1. The quantitative estimate of drug-likeness (QED) is 0.512. The van der Waals surface area contributed by atoms with Crippen molar-refractivity contribution >= 4 is 19.0 Å². The van der Waals surface area contributed by atoms with Gasteiger partial charge in [-0.2, -0.15) is 0 Å². The SMILES string of the molecule is O=[C]N1CCOC(S)C1. The van der Waals surface area contributed by atoms with Crippen molar-refractivity contribution in [1.29, 1.82) is 0 Å². The van der Waals surface area contributed by atoms with Crippen molar-refractivity contribution in [3.63, 3.8) is 0 Å². The lowest BCUT2D eigenvalue weighted by Crippen LogP contribution is -2.38. The van der Waals surface area contributed by atoms with E-state index in [0.717, 1.165) is 0 Å². The van der Waals surface area contributed by atoms with Gasteiger partial charge in [0.05, 0.1) is 13.2 Å². The number of morpholine rings is 1. The molecule has 0 aromatic rings. The maximum absolute atomic E-state index is 10.0. The summed E-state index contributed by atoms with van der Waals surface area (Å²) in [6.07, 6.45) is 1.79. The number of hydrogen-bond donors (Lipinski definition) is 1. The Morgan fingerprint density at radius 3 is 3.00 bits per heavy atom. The normalized spacial score (nSPS) is 28.1. The molecule has 0 saturated carbocycles. The summed E-state index contributed by atoms with van der Waals surface area (Å²) in [5, 5.41) is 0. The average molecular weight is 146 g/mol. The van der Waals surface area contributed by atoms with Crippen molar-refractivity contribution in [2.24, 2.45) is 0 Å². The van der Waals surface area contributed by atoms with Crippen molar-refractivity contribution < 1.29 is 9.53 Å². The van der Waals surface area contributed by atoms with E-state index in [2.05, 4.69) is 12.6 Å². The van der Waals surface area contributed by atoms with E-state index in [0.29, 0.717) is 19.7 Å². The van der Waals surface area contributed by atoms with Crippen molar-refractivity contribution in [2.75, 3.05) is 19.7 Å². The van der Waals surface area contributed by atoms with E-state index in [1.165, 1.54) is 4.90 Å². The monoisotopic (exact) mass is 146 g/mol. The molecule has 1 fully saturated rings. The van der Waals surface area contributed by atoms with E-state index in [-0.39, 0.29) is 5.44 Å². The fraction of sp³-hybridized carbons (Fsp3) is 0.800. The Balaban J connectivity index is 2.31. The maximum atomic E-state index is 10.0. The van der Waals surface area contributed by atoms with Gasteiger partial charge in [-0.3, -0.25) is 4.79 Å². The third-order valence-corrected chi connectivity index (χ3v) is 1.49. The van der Waals surface area contributed by atoms with E-state index in [9.17, 15) is 4.79 Å². The molecule has 1 aliphatic heterocycles. The first kappa shape index (κ1) is 6.89. The van der Waals surface area contributed by atoms with Crippen LogP contribution in [0.3, 0.4) is 0 Å². The standard InChI is InChI=1S/C5H8NO2S/c7-4-6-1-2-8-5(9)3-6/h5,9H,1-3H2. The largest absolute Gasteiger partial charge is 0.364 e. The van der Waals surface area contributed by atoms with Gasteiger partial charge in [0.15, 0.2) is 0 Å². The average Bonchev–Trinajstić information content (AvgIpc) is 1.88. The lowest BCUT2D eigenvalue weighted by molar-refractivity contribution is 0.0463. The predicted molar refractivity (Wildman–Crippen MR) is 36.0 cm³/mol. The molecule has 1 amide bonds. The van der Waals surface area contributed by atoms with E-state index in [1.54, 1.807) is 6.41 Å². The molecule has 0 aromatic heterocycles. The van der Waals surface area contributed by atoms with Crippen LogP contribution in [0.4, 0.5) is 0 Å². The Morgan fingerprint density at radius 1 is 1.78 bits per heavy atom. The summed E-state index contributed by atoms with van der Waals surface area (Å²) in [5.74, 6) is 0. The van der Waals surface area contributed by atoms with E-state index < -0.39 is 0 Å². The Kier molecular flexibility index (Phi) is 2.36. The molecule has 1 rings (SSSR count). The molecule has 9 heavy (non-hydrogen) atoms. The van der Waals surface area contributed by atoms with Gasteiger partial charge >= 0.3 is 6.41 Å². The molecule has 0 aliphatic carbocycles. The first-order chi connectivity index (χ1) is 4.33. The van der Waals surface area contributed by atoms with Crippen LogP contribution in [-0.4, -0.2) is 36.4 Å². The molecule has 0 spiro atoms. The summed E-state index contributed by atoms with van der Waals surface area (Å²) in [4.78, 5) is 11.5. The molecule has 1 aliphatic rings. The van der Waals surface area contributed by atoms with Gasteiger partial charge < -0.3 is 9.64 Å². The van der Waals surface area contributed by atoms with Gasteiger partial charge in [-0.25, -0.2) is 0 Å². The highest BCUT2D eigenvalue weighted by molar-refractivity contribution is 7.80. The summed E-state index contributed by atoms with van der Waals surface area (Å²) in [7, 11) is 0. The molecule has 1 unspecified atom stereocenters. The molecular weight excluding hydrogens is 138 g/mol. The minimum atomic E-state index is -0.125. The van der Waals surface area contributed by atoms with Crippen molar-refractivity contribution in [3.05, 3.63) is 0 Å². The van der Waals surface area contributed by atoms with Crippen LogP contribution < -0.4 is 0 Å². The summed E-state index contributed by atoms with van der Waals surface area (Å²) in [6, 6.07) is 0. The highest BCUT2D eigenvalue weighted by Crippen LogP contribution is 2.04. The predicted octanol–water partition coefficient (Wildman–Crippen LogP) is -0.358. The molecule has 3 nitrogen and oxygen atoms in total.